The monoisotopic (exact) mass is 237 g/mol. The molecule has 1 aromatic rings. The molecule has 0 aliphatic heterocycles. The zero-order chi connectivity index (χ0) is 12.3. The molecular weight excluding hydrogens is 218 g/mol. The van der Waals surface area contributed by atoms with Crippen LogP contribution >= 0.6 is 0 Å². The third kappa shape index (κ3) is 3.12. The minimum Gasteiger partial charge on any atom is -0.424 e. The van der Waals surface area contributed by atoms with Crippen LogP contribution < -0.4 is 0 Å². The second-order valence-electron chi connectivity index (χ2n) is 4.63. The van der Waals surface area contributed by atoms with Crippen LogP contribution in [0.1, 0.15) is 44.4 Å². The molecule has 1 heterocycles. The van der Waals surface area contributed by atoms with Crippen LogP contribution in [0.5, 0.6) is 0 Å². The molecule has 1 saturated carbocycles. The Morgan fingerprint density at radius 3 is 2.53 bits per heavy atom. The number of aromatic nitrogens is 2. The van der Waals surface area contributed by atoms with E-state index in [4.69, 9.17) is 4.42 Å². The van der Waals surface area contributed by atoms with E-state index in [0.717, 1.165) is 19.3 Å². The van der Waals surface area contributed by atoms with Gasteiger partial charge in [-0.05, 0) is 19.9 Å². The molecule has 0 aromatic carbocycles. The minimum atomic E-state index is 0.390. The SMILES string of the molecule is CCc1nnc(CN(C)C2CCC(=O)CC2)o1. The first-order valence-corrected chi connectivity index (χ1v) is 6.22. The molecule has 5 heteroatoms. The average molecular weight is 237 g/mol. The van der Waals surface area contributed by atoms with Crippen LogP contribution in [0.15, 0.2) is 4.42 Å². The smallest absolute Gasteiger partial charge is 0.230 e. The Balaban J connectivity index is 1.87. The van der Waals surface area contributed by atoms with Gasteiger partial charge in [0.1, 0.15) is 5.78 Å². The van der Waals surface area contributed by atoms with E-state index < -0.39 is 0 Å². The van der Waals surface area contributed by atoms with Gasteiger partial charge >= 0.3 is 0 Å². The highest BCUT2D eigenvalue weighted by atomic mass is 16.4. The molecule has 1 aromatic heterocycles. The summed E-state index contributed by atoms with van der Waals surface area (Å²) in [4.78, 5) is 13.4. The van der Waals surface area contributed by atoms with E-state index in [0.29, 0.717) is 43.0 Å². The second kappa shape index (κ2) is 5.40. The molecule has 2 rings (SSSR count). The van der Waals surface area contributed by atoms with Crippen molar-refractivity contribution >= 4 is 5.78 Å². The van der Waals surface area contributed by atoms with Crippen LogP contribution in [0.25, 0.3) is 0 Å². The van der Waals surface area contributed by atoms with E-state index in [-0.39, 0.29) is 0 Å². The lowest BCUT2D eigenvalue weighted by molar-refractivity contribution is -0.121. The second-order valence-corrected chi connectivity index (χ2v) is 4.63. The number of hydrogen-bond donors (Lipinski definition) is 0. The Morgan fingerprint density at radius 1 is 1.29 bits per heavy atom. The molecule has 0 bridgehead atoms. The summed E-state index contributed by atoms with van der Waals surface area (Å²) in [5, 5.41) is 7.96. The Bertz CT molecular complexity index is 379. The summed E-state index contributed by atoms with van der Waals surface area (Å²) in [5.74, 6) is 1.74. The van der Waals surface area contributed by atoms with Crippen molar-refractivity contribution in [2.24, 2.45) is 0 Å². The molecule has 94 valence electrons. The van der Waals surface area contributed by atoms with Crippen LogP contribution in [0, 0.1) is 0 Å². The molecule has 0 amide bonds. The number of aryl methyl sites for hydroxylation is 1. The Labute approximate surface area is 101 Å². The summed E-state index contributed by atoms with van der Waals surface area (Å²) in [6.07, 6.45) is 4.08. The van der Waals surface area contributed by atoms with Gasteiger partial charge in [-0.3, -0.25) is 9.69 Å². The summed E-state index contributed by atoms with van der Waals surface area (Å²) in [6.45, 7) is 2.67. The van der Waals surface area contributed by atoms with E-state index in [1.807, 2.05) is 6.92 Å². The van der Waals surface area contributed by atoms with Crippen LogP contribution in [-0.2, 0) is 17.8 Å². The van der Waals surface area contributed by atoms with Gasteiger partial charge in [-0.2, -0.15) is 0 Å². The van der Waals surface area contributed by atoms with Gasteiger partial charge in [0, 0.05) is 25.3 Å². The zero-order valence-electron chi connectivity index (χ0n) is 10.5. The number of ketones is 1. The molecule has 1 aliphatic rings. The lowest BCUT2D eigenvalue weighted by atomic mass is 9.93. The highest BCUT2D eigenvalue weighted by Crippen LogP contribution is 2.20. The van der Waals surface area contributed by atoms with Crippen LogP contribution in [0.4, 0.5) is 0 Å². The number of rotatable bonds is 4. The predicted molar refractivity (Wildman–Crippen MR) is 62.4 cm³/mol. The van der Waals surface area contributed by atoms with Gasteiger partial charge in [-0.25, -0.2) is 0 Å². The first-order valence-electron chi connectivity index (χ1n) is 6.22. The van der Waals surface area contributed by atoms with Gasteiger partial charge in [-0.1, -0.05) is 6.92 Å². The molecular formula is C12H19N3O2. The number of hydrogen-bond acceptors (Lipinski definition) is 5. The van der Waals surface area contributed by atoms with Gasteiger partial charge in [0.25, 0.3) is 0 Å². The molecule has 0 saturated heterocycles. The molecule has 17 heavy (non-hydrogen) atoms. The zero-order valence-corrected chi connectivity index (χ0v) is 10.5. The maximum atomic E-state index is 11.2. The van der Waals surface area contributed by atoms with Crippen molar-refractivity contribution in [1.82, 2.24) is 15.1 Å². The van der Waals surface area contributed by atoms with Crippen LogP contribution in [0.2, 0.25) is 0 Å². The maximum Gasteiger partial charge on any atom is 0.230 e. The Hall–Kier alpha value is -1.23. The molecule has 0 N–H and O–H groups in total. The number of carbonyl (C=O) groups is 1. The predicted octanol–water partition coefficient (Wildman–Crippen LogP) is 1.58. The third-order valence-electron chi connectivity index (χ3n) is 3.33. The molecule has 0 atom stereocenters. The van der Waals surface area contributed by atoms with E-state index in [1.54, 1.807) is 0 Å². The lowest BCUT2D eigenvalue weighted by Crippen LogP contribution is -2.34. The fraction of sp³-hybridized carbons (Fsp3) is 0.750. The number of Topliss-reactive ketones (excluding diaryl/α,β-unsaturated/α-hetero) is 1. The normalized spacial score (nSPS) is 17.9. The molecule has 0 unspecified atom stereocenters. The first kappa shape index (κ1) is 12.2. The van der Waals surface area contributed by atoms with E-state index in [1.165, 1.54) is 0 Å². The van der Waals surface area contributed by atoms with Crippen molar-refractivity contribution in [3.63, 3.8) is 0 Å². The minimum absolute atomic E-state index is 0.390. The van der Waals surface area contributed by atoms with Gasteiger partial charge in [0.2, 0.25) is 11.8 Å². The van der Waals surface area contributed by atoms with Gasteiger partial charge < -0.3 is 4.42 Å². The van der Waals surface area contributed by atoms with Gasteiger partial charge in [0.15, 0.2) is 0 Å². The van der Waals surface area contributed by atoms with Crippen molar-refractivity contribution in [3.05, 3.63) is 11.8 Å². The fourth-order valence-electron chi connectivity index (χ4n) is 2.20. The quantitative estimate of drug-likeness (QED) is 0.795. The Morgan fingerprint density at radius 2 is 1.94 bits per heavy atom. The van der Waals surface area contributed by atoms with Crippen molar-refractivity contribution in [1.29, 1.82) is 0 Å². The highest BCUT2D eigenvalue weighted by Gasteiger charge is 2.23. The molecule has 0 spiro atoms. The molecule has 5 nitrogen and oxygen atoms in total. The Kier molecular flexibility index (Phi) is 3.89. The van der Waals surface area contributed by atoms with Crippen molar-refractivity contribution in [2.75, 3.05) is 7.05 Å². The summed E-state index contributed by atoms with van der Waals surface area (Å²) >= 11 is 0. The maximum absolute atomic E-state index is 11.2. The average Bonchev–Trinajstić information content (AvgIpc) is 2.77. The summed E-state index contributed by atoms with van der Waals surface area (Å²) in [5.41, 5.74) is 0. The summed E-state index contributed by atoms with van der Waals surface area (Å²) < 4.78 is 5.48. The highest BCUT2D eigenvalue weighted by molar-refractivity contribution is 5.79. The molecule has 0 radical (unpaired) electrons. The summed E-state index contributed by atoms with van der Waals surface area (Å²) in [6, 6.07) is 0.463. The van der Waals surface area contributed by atoms with Gasteiger partial charge in [0.05, 0.1) is 6.54 Å². The summed E-state index contributed by atoms with van der Waals surface area (Å²) in [7, 11) is 2.05. The van der Waals surface area contributed by atoms with E-state index >= 15 is 0 Å². The van der Waals surface area contributed by atoms with E-state index in [9.17, 15) is 4.79 Å². The van der Waals surface area contributed by atoms with Crippen LogP contribution in [-0.4, -0.2) is 34.0 Å². The van der Waals surface area contributed by atoms with Crippen molar-refractivity contribution in [2.45, 2.75) is 51.6 Å². The largest absolute Gasteiger partial charge is 0.424 e. The van der Waals surface area contributed by atoms with Crippen LogP contribution in [0.3, 0.4) is 0 Å². The molecule has 1 aliphatic carbocycles. The molecule has 1 fully saturated rings. The van der Waals surface area contributed by atoms with Crippen molar-refractivity contribution < 1.29 is 9.21 Å². The fourth-order valence-corrected chi connectivity index (χ4v) is 2.20. The standard InChI is InChI=1S/C12H19N3O2/c1-3-11-13-14-12(17-11)8-15(2)9-4-6-10(16)7-5-9/h9H,3-8H2,1-2H3. The first-order chi connectivity index (χ1) is 8.19. The number of carbonyl (C=O) groups excluding carboxylic acids is 1. The number of nitrogens with zero attached hydrogens (tertiary/aromatic N) is 3. The topological polar surface area (TPSA) is 59.2 Å². The van der Waals surface area contributed by atoms with Gasteiger partial charge in [-0.15, -0.1) is 10.2 Å². The van der Waals surface area contributed by atoms with E-state index in [2.05, 4.69) is 22.1 Å². The lowest BCUT2D eigenvalue weighted by Gasteiger charge is -2.29. The third-order valence-corrected chi connectivity index (χ3v) is 3.33. The van der Waals surface area contributed by atoms with Crippen molar-refractivity contribution in [3.8, 4) is 0 Å².